The summed E-state index contributed by atoms with van der Waals surface area (Å²) >= 11 is 0. The highest BCUT2D eigenvalue weighted by atomic mass is 16.6. The molecule has 22 heavy (non-hydrogen) atoms. The molecule has 0 saturated carbocycles. The zero-order chi connectivity index (χ0) is 16.4. The number of aryl methyl sites for hydroxylation is 2. The van der Waals surface area contributed by atoms with Crippen LogP contribution in [0.3, 0.4) is 0 Å². The number of carbonyl (C=O) groups is 2. The van der Waals surface area contributed by atoms with Crippen molar-refractivity contribution < 1.29 is 19.6 Å². The van der Waals surface area contributed by atoms with Crippen LogP contribution in [0, 0.1) is 10.1 Å². The molecule has 1 aromatic heterocycles. The van der Waals surface area contributed by atoms with E-state index in [0.717, 1.165) is 0 Å². The van der Waals surface area contributed by atoms with Gasteiger partial charge in [0, 0.05) is 13.6 Å². The third-order valence-corrected chi connectivity index (χ3v) is 3.76. The molecule has 1 aliphatic heterocycles. The molecule has 0 unspecified atom stereocenters. The molecule has 1 saturated heterocycles. The minimum Gasteiger partial charge on any atom is -0.480 e. The van der Waals surface area contributed by atoms with Gasteiger partial charge in [0.2, 0.25) is 5.69 Å². The van der Waals surface area contributed by atoms with E-state index < -0.39 is 22.8 Å². The maximum Gasteiger partial charge on any atom is 0.326 e. The first-order valence-corrected chi connectivity index (χ1v) is 7.12. The lowest BCUT2D eigenvalue weighted by molar-refractivity contribution is -0.385. The topological polar surface area (TPSA) is 119 Å². The summed E-state index contributed by atoms with van der Waals surface area (Å²) < 4.78 is 1.18. The number of rotatable bonds is 5. The fraction of sp³-hybridized carbons (Fsp3) is 0.615. The predicted octanol–water partition coefficient (Wildman–Crippen LogP) is 0.970. The summed E-state index contributed by atoms with van der Waals surface area (Å²) in [6.45, 7) is 2.14. The van der Waals surface area contributed by atoms with Gasteiger partial charge in [-0.25, -0.2) is 4.79 Å². The lowest BCUT2D eigenvalue weighted by Gasteiger charge is -2.20. The molecule has 1 aliphatic rings. The molecule has 1 fully saturated rings. The summed E-state index contributed by atoms with van der Waals surface area (Å²) in [5.41, 5.74) is -0.212. The van der Waals surface area contributed by atoms with Gasteiger partial charge in [0.15, 0.2) is 0 Å². The smallest absolute Gasteiger partial charge is 0.326 e. The number of aromatic nitrogens is 2. The number of likely N-dealkylation sites (tertiary alicyclic amines) is 1. The Morgan fingerprint density at radius 2 is 2.18 bits per heavy atom. The van der Waals surface area contributed by atoms with Gasteiger partial charge in [-0.05, 0) is 19.3 Å². The van der Waals surface area contributed by atoms with Crippen molar-refractivity contribution in [1.29, 1.82) is 0 Å². The van der Waals surface area contributed by atoms with Gasteiger partial charge >= 0.3 is 11.7 Å². The number of hydrogen-bond donors (Lipinski definition) is 1. The van der Waals surface area contributed by atoms with E-state index in [0.29, 0.717) is 25.7 Å². The van der Waals surface area contributed by atoms with Crippen molar-refractivity contribution >= 4 is 17.6 Å². The van der Waals surface area contributed by atoms with Crippen molar-refractivity contribution in [3.05, 3.63) is 21.5 Å². The summed E-state index contributed by atoms with van der Waals surface area (Å²) in [7, 11) is 1.46. The van der Waals surface area contributed by atoms with Gasteiger partial charge in [-0.2, -0.15) is 5.10 Å². The third kappa shape index (κ3) is 2.66. The quantitative estimate of drug-likeness (QED) is 0.639. The fourth-order valence-corrected chi connectivity index (χ4v) is 2.81. The third-order valence-electron chi connectivity index (χ3n) is 3.76. The Kier molecular flexibility index (Phi) is 4.43. The first-order chi connectivity index (χ1) is 10.4. The molecule has 9 heteroatoms. The molecule has 0 spiro atoms. The normalized spacial score (nSPS) is 17.7. The van der Waals surface area contributed by atoms with Crippen LogP contribution in [0.25, 0.3) is 0 Å². The highest BCUT2D eigenvalue weighted by molar-refractivity contribution is 5.99. The largest absolute Gasteiger partial charge is 0.480 e. The number of hydrogen-bond acceptors (Lipinski definition) is 5. The van der Waals surface area contributed by atoms with Crippen LogP contribution < -0.4 is 0 Å². The average molecular weight is 310 g/mol. The Bertz CT molecular complexity index is 624. The van der Waals surface area contributed by atoms with Crippen molar-refractivity contribution in [3.8, 4) is 0 Å². The highest BCUT2D eigenvalue weighted by Gasteiger charge is 2.40. The van der Waals surface area contributed by atoms with Crippen molar-refractivity contribution in [2.75, 3.05) is 6.54 Å². The van der Waals surface area contributed by atoms with E-state index in [1.165, 1.54) is 16.6 Å². The lowest BCUT2D eigenvalue weighted by Crippen LogP contribution is -2.41. The Morgan fingerprint density at radius 1 is 1.50 bits per heavy atom. The maximum absolute atomic E-state index is 12.6. The summed E-state index contributed by atoms with van der Waals surface area (Å²) in [6, 6.07) is -0.934. The van der Waals surface area contributed by atoms with E-state index in [1.54, 1.807) is 0 Å². The van der Waals surface area contributed by atoms with Gasteiger partial charge in [0.05, 0.1) is 4.92 Å². The van der Waals surface area contributed by atoms with Crippen LogP contribution in [0.15, 0.2) is 0 Å². The van der Waals surface area contributed by atoms with Gasteiger partial charge in [-0.1, -0.05) is 13.3 Å². The molecule has 2 rings (SSSR count). The number of carboxylic acids is 1. The van der Waals surface area contributed by atoms with E-state index in [1.807, 2.05) is 6.92 Å². The second kappa shape index (κ2) is 6.12. The Labute approximate surface area is 126 Å². The SMILES string of the molecule is CCCc1nn(C)c(C(=O)N2CCC[C@H]2C(=O)O)c1[N+](=O)[O-]. The number of nitro groups is 1. The van der Waals surface area contributed by atoms with E-state index in [-0.39, 0.29) is 23.6 Å². The van der Waals surface area contributed by atoms with Crippen LogP contribution in [0.1, 0.15) is 42.4 Å². The van der Waals surface area contributed by atoms with E-state index in [2.05, 4.69) is 5.10 Å². The van der Waals surface area contributed by atoms with Gasteiger partial charge < -0.3 is 10.0 Å². The summed E-state index contributed by atoms with van der Waals surface area (Å²) in [5, 5.41) is 24.6. The van der Waals surface area contributed by atoms with Crippen LogP contribution in [-0.4, -0.2) is 49.2 Å². The first-order valence-electron chi connectivity index (χ1n) is 7.12. The molecular weight excluding hydrogens is 292 g/mol. The van der Waals surface area contributed by atoms with Gasteiger partial charge in [-0.15, -0.1) is 0 Å². The average Bonchev–Trinajstić information content (AvgIpc) is 3.03. The number of nitrogens with zero attached hydrogens (tertiary/aromatic N) is 4. The summed E-state index contributed by atoms with van der Waals surface area (Å²) in [5.74, 6) is -1.74. The Hall–Kier alpha value is -2.45. The number of carbonyl (C=O) groups excluding carboxylic acids is 1. The molecule has 120 valence electrons. The molecule has 1 atom stereocenters. The maximum atomic E-state index is 12.6. The molecule has 0 radical (unpaired) electrons. The van der Waals surface area contributed by atoms with E-state index >= 15 is 0 Å². The van der Waals surface area contributed by atoms with Crippen molar-refractivity contribution in [2.24, 2.45) is 7.05 Å². The van der Waals surface area contributed by atoms with Gasteiger partial charge in [-0.3, -0.25) is 19.6 Å². The highest BCUT2D eigenvalue weighted by Crippen LogP contribution is 2.28. The molecule has 1 amide bonds. The van der Waals surface area contributed by atoms with E-state index in [4.69, 9.17) is 5.11 Å². The molecular formula is C13H18N4O5. The standard InChI is InChI=1S/C13H18N4O5/c1-3-5-8-10(17(21)22)11(15(2)14-8)12(18)16-7-4-6-9(16)13(19)20/h9H,3-7H2,1-2H3,(H,19,20)/t9-/m0/s1. The molecule has 1 N–H and O–H groups in total. The van der Waals surface area contributed by atoms with Crippen LogP contribution in [-0.2, 0) is 18.3 Å². The summed E-state index contributed by atoms with van der Waals surface area (Å²) in [4.78, 5) is 35.7. The van der Waals surface area contributed by atoms with Crippen LogP contribution in [0.5, 0.6) is 0 Å². The number of aliphatic carboxylic acids is 1. The second-order valence-electron chi connectivity index (χ2n) is 5.27. The molecule has 0 bridgehead atoms. The molecule has 0 aromatic carbocycles. The predicted molar refractivity (Wildman–Crippen MR) is 75.6 cm³/mol. The van der Waals surface area contributed by atoms with Gasteiger partial charge in [0.1, 0.15) is 11.7 Å². The van der Waals surface area contributed by atoms with Crippen molar-refractivity contribution in [1.82, 2.24) is 14.7 Å². The molecule has 0 aliphatic carbocycles. The lowest BCUT2D eigenvalue weighted by atomic mass is 10.2. The Balaban J connectivity index is 2.45. The molecule has 2 heterocycles. The minimum atomic E-state index is -1.09. The van der Waals surface area contributed by atoms with Crippen molar-refractivity contribution in [2.45, 2.75) is 38.6 Å². The summed E-state index contributed by atoms with van der Waals surface area (Å²) in [6.07, 6.45) is 1.97. The van der Waals surface area contributed by atoms with Crippen LogP contribution >= 0.6 is 0 Å². The van der Waals surface area contributed by atoms with Crippen LogP contribution in [0.2, 0.25) is 0 Å². The minimum absolute atomic E-state index is 0.151. The van der Waals surface area contributed by atoms with Crippen molar-refractivity contribution in [3.63, 3.8) is 0 Å². The van der Waals surface area contributed by atoms with Crippen LogP contribution in [0.4, 0.5) is 5.69 Å². The molecule has 1 aromatic rings. The second-order valence-corrected chi connectivity index (χ2v) is 5.27. The zero-order valence-corrected chi connectivity index (χ0v) is 12.5. The molecule has 9 nitrogen and oxygen atoms in total. The van der Waals surface area contributed by atoms with Gasteiger partial charge in [0.25, 0.3) is 5.91 Å². The monoisotopic (exact) mass is 310 g/mol. The fourth-order valence-electron chi connectivity index (χ4n) is 2.81. The number of carboxylic acid groups (broad SMARTS) is 1. The van der Waals surface area contributed by atoms with E-state index in [9.17, 15) is 19.7 Å². The number of amides is 1. The first kappa shape index (κ1) is 15.9. The zero-order valence-electron chi connectivity index (χ0n) is 12.5. The Morgan fingerprint density at radius 3 is 2.73 bits per heavy atom.